The Bertz CT molecular complexity index is 792. The van der Waals surface area contributed by atoms with Gasteiger partial charge in [-0.05, 0) is 49.1 Å². The van der Waals surface area contributed by atoms with E-state index in [1.165, 1.54) is 10.4 Å². The molecule has 1 atom stereocenters. The zero-order valence-electron chi connectivity index (χ0n) is 11.2. The van der Waals surface area contributed by atoms with Gasteiger partial charge in [0.25, 0.3) is 14.2 Å². The molecule has 1 fully saturated rings. The van der Waals surface area contributed by atoms with Crippen molar-refractivity contribution in [2.24, 2.45) is 0 Å². The highest BCUT2D eigenvalue weighted by Gasteiger charge is 2.37. The van der Waals surface area contributed by atoms with Crippen LogP contribution < -0.4 is 0 Å². The molecule has 5 nitrogen and oxygen atoms in total. The minimum absolute atomic E-state index is 0.0935. The second-order valence-corrected chi connectivity index (χ2v) is 9.08. The van der Waals surface area contributed by atoms with Crippen molar-refractivity contribution in [3.63, 3.8) is 0 Å². The van der Waals surface area contributed by atoms with Crippen LogP contribution in [0, 0.1) is 0 Å². The molecule has 0 radical (unpaired) electrons. The molecule has 1 saturated carbocycles. The van der Waals surface area contributed by atoms with Crippen molar-refractivity contribution in [1.82, 2.24) is 14.8 Å². The first-order valence-electron chi connectivity index (χ1n) is 7.01. The zero-order valence-corrected chi connectivity index (χ0v) is 13.6. The molecule has 0 aliphatic heterocycles. The van der Waals surface area contributed by atoms with Crippen LogP contribution in [0.5, 0.6) is 0 Å². The van der Waals surface area contributed by atoms with Crippen molar-refractivity contribution < 1.29 is 8.42 Å². The van der Waals surface area contributed by atoms with Crippen LogP contribution in [0.15, 0.2) is 16.6 Å². The van der Waals surface area contributed by atoms with Gasteiger partial charge in [-0.3, -0.25) is 4.57 Å². The predicted octanol–water partition coefficient (Wildman–Crippen LogP) is 3.07. The highest BCUT2D eigenvalue weighted by molar-refractivity contribution is 8.13. The van der Waals surface area contributed by atoms with Crippen molar-refractivity contribution in [3.8, 4) is 0 Å². The second-order valence-electron chi connectivity index (χ2n) is 5.62. The normalized spacial score (nSPS) is 22.2. The average molecular weight is 344 g/mol. The first kappa shape index (κ1) is 13.7. The third-order valence-corrected chi connectivity index (χ3v) is 6.31. The van der Waals surface area contributed by atoms with E-state index in [1.54, 1.807) is 15.9 Å². The molecule has 2 aromatic heterocycles. The lowest BCUT2D eigenvalue weighted by atomic mass is 9.87. The number of rotatable bonds is 3. The molecule has 2 aliphatic rings. The number of nitrogens with zero attached hydrogens (tertiary/aromatic N) is 3. The summed E-state index contributed by atoms with van der Waals surface area (Å²) in [5.74, 6) is 0.899. The Kier molecular flexibility index (Phi) is 3.13. The standard InChI is InChI=1S/C13H14ClN3O2S2/c14-21(18,19)13-16-15-12(17(13)8-4-5-8)10-2-1-3-11-9(10)6-7-20-11/h6-8,10H,1-5H2. The van der Waals surface area contributed by atoms with Gasteiger partial charge in [-0.2, -0.15) is 0 Å². The lowest BCUT2D eigenvalue weighted by Crippen LogP contribution is -2.15. The summed E-state index contributed by atoms with van der Waals surface area (Å²) in [7, 11) is 1.66. The maximum atomic E-state index is 11.7. The molecular formula is C13H14ClN3O2S2. The fraction of sp³-hybridized carbons (Fsp3) is 0.538. The molecule has 0 amide bonds. The number of fused-ring (bicyclic) bond motifs is 1. The van der Waals surface area contributed by atoms with Gasteiger partial charge in [0.2, 0.25) is 0 Å². The molecule has 0 saturated heterocycles. The van der Waals surface area contributed by atoms with Gasteiger partial charge in [-0.15, -0.1) is 21.5 Å². The fourth-order valence-electron chi connectivity index (χ4n) is 3.12. The summed E-state index contributed by atoms with van der Waals surface area (Å²) in [4.78, 5) is 1.38. The summed E-state index contributed by atoms with van der Waals surface area (Å²) in [5.41, 5.74) is 1.28. The maximum Gasteiger partial charge on any atom is 0.296 e. The van der Waals surface area contributed by atoms with Crippen molar-refractivity contribution in [2.75, 3.05) is 0 Å². The van der Waals surface area contributed by atoms with Crippen LogP contribution >= 0.6 is 22.0 Å². The molecule has 2 aromatic rings. The molecular weight excluding hydrogens is 330 g/mol. The first-order valence-corrected chi connectivity index (χ1v) is 10.2. The zero-order chi connectivity index (χ0) is 14.6. The Morgan fingerprint density at radius 2 is 2.10 bits per heavy atom. The van der Waals surface area contributed by atoms with E-state index in [1.807, 2.05) is 0 Å². The SMILES string of the molecule is O=S(=O)(Cl)c1nnc(C2CCCc3sccc32)n1C1CC1. The molecule has 0 spiro atoms. The predicted molar refractivity (Wildman–Crippen MR) is 80.4 cm³/mol. The van der Waals surface area contributed by atoms with Crippen LogP contribution in [0.1, 0.15) is 53.9 Å². The third-order valence-electron chi connectivity index (χ3n) is 4.18. The molecule has 4 rings (SSSR count). The number of aryl methyl sites for hydroxylation is 1. The van der Waals surface area contributed by atoms with Crippen LogP contribution in [-0.4, -0.2) is 23.2 Å². The summed E-state index contributed by atoms with van der Waals surface area (Å²) in [6.07, 6.45) is 5.11. The Labute approximate surface area is 131 Å². The summed E-state index contributed by atoms with van der Waals surface area (Å²) in [6.45, 7) is 0. The molecule has 21 heavy (non-hydrogen) atoms. The summed E-state index contributed by atoms with van der Waals surface area (Å²) in [5, 5.41) is 10.1. The number of halogens is 1. The molecule has 112 valence electrons. The summed E-state index contributed by atoms with van der Waals surface area (Å²) < 4.78 is 25.2. The number of aromatic nitrogens is 3. The monoisotopic (exact) mass is 343 g/mol. The quantitative estimate of drug-likeness (QED) is 0.803. The Balaban J connectivity index is 1.86. The van der Waals surface area contributed by atoms with Gasteiger partial charge < -0.3 is 0 Å². The van der Waals surface area contributed by atoms with E-state index in [2.05, 4.69) is 21.6 Å². The number of hydrogen-bond donors (Lipinski definition) is 0. The van der Waals surface area contributed by atoms with E-state index in [4.69, 9.17) is 10.7 Å². The number of thiophene rings is 1. The van der Waals surface area contributed by atoms with Gasteiger partial charge in [-0.25, -0.2) is 8.42 Å². The Morgan fingerprint density at radius 3 is 2.81 bits per heavy atom. The molecule has 2 heterocycles. The van der Waals surface area contributed by atoms with Crippen LogP contribution in [0.25, 0.3) is 0 Å². The molecule has 0 N–H and O–H groups in total. The van der Waals surface area contributed by atoms with Gasteiger partial charge in [0.05, 0.1) is 0 Å². The average Bonchev–Trinajstić information content (AvgIpc) is 3.00. The van der Waals surface area contributed by atoms with Gasteiger partial charge >= 0.3 is 0 Å². The van der Waals surface area contributed by atoms with Gasteiger partial charge in [-0.1, -0.05) is 0 Å². The van der Waals surface area contributed by atoms with E-state index in [9.17, 15) is 8.42 Å². The van der Waals surface area contributed by atoms with E-state index in [-0.39, 0.29) is 17.1 Å². The van der Waals surface area contributed by atoms with Crippen molar-refractivity contribution in [2.45, 2.75) is 49.2 Å². The molecule has 1 unspecified atom stereocenters. The molecule has 0 bridgehead atoms. The topological polar surface area (TPSA) is 64.8 Å². The maximum absolute atomic E-state index is 11.7. The summed E-state index contributed by atoms with van der Waals surface area (Å²) >= 11 is 1.76. The highest BCUT2D eigenvalue weighted by Crippen LogP contribution is 2.44. The van der Waals surface area contributed by atoms with Gasteiger partial charge in [0.1, 0.15) is 5.82 Å². The van der Waals surface area contributed by atoms with E-state index in [0.29, 0.717) is 0 Å². The highest BCUT2D eigenvalue weighted by atomic mass is 35.7. The molecule has 0 aromatic carbocycles. The lowest BCUT2D eigenvalue weighted by Gasteiger charge is -2.22. The van der Waals surface area contributed by atoms with Gasteiger partial charge in [0.15, 0.2) is 0 Å². The minimum Gasteiger partial charge on any atom is -0.297 e. The Hall–Kier alpha value is -0.920. The van der Waals surface area contributed by atoms with E-state index < -0.39 is 9.05 Å². The van der Waals surface area contributed by atoms with Crippen LogP contribution in [0.3, 0.4) is 0 Å². The fourth-order valence-corrected chi connectivity index (χ4v) is 5.04. The third kappa shape index (κ3) is 2.31. The van der Waals surface area contributed by atoms with E-state index in [0.717, 1.165) is 37.9 Å². The molecule has 2 aliphatic carbocycles. The minimum atomic E-state index is -3.86. The smallest absolute Gasteiger partial charge is 0.296 e. The summed E-state index contributed by atoms with van der Waals surface area (Å²) in [6, 6.07) is 2.31. The van der Waals surface area contributed by atoms with Crippen molar-refractivity contribution in [1.29, 1.82) is 0 Å². The van der Waals surface area contributed by atoms with Gasteiger partial charge in [0, 0.05) is 27.5 Å². The lowest BCUT2D eigenvalue weighted by molar-refractivity contribution is 0.532. The first-order chi connectivity index (χ1) is 10.1. The van der Waals surface area contributed by atoms with Crippen LogP contribution in [0.2, 0.25) is 0 Å². The van der Waals surface area contributed by atoms with Crippen LogP contribution in [0.4, 0.5) is 0 Å². The van der Waals surface area contributed by atoms with E-state index >= 15 is 0 Å². The number of hydrogen-bond acceptors (Lipinski definition) is 5. The second kappa shape index (κ2) is 4.79. The van der Waals surface area contributed by atoms with Crippen molar-refractivity contribution >= 4 is 31.1 Å². The van der Waals surface area contributed by atoms with Crippen LogP contribution in [-0.2, 0) is 15.5 Å². The Morgan fingerprint density at radius 1 is 1.29 bits per heavy atom. The largest absolute Gasteiger partial charge is 0.297 e. The molecule has 8 heteroatoms. The van der Waals surface area contributed by atoms with Crippen molar-refractivity contribution in [3.05, 3.63) is 27.7 Å².